The van der Waals surface area contributed by atoms with E-state index in [1.807, 2.05) is 6.07 Å². The van der Waals surface area contributed by atoms with Crippen LogP contribution in [0, 0.1) is 6.92 Å². The van der Waals surface area contributed by atoms with Crippen molar-refractivity contribution in [1.82, 2.24) is 5.16 Å². The van der Waals surface area contributed by atoms with Crippen LogP contribution >= 0.6 is 0 Å². The molecule has 0 spiro atoms. The van der Waals surface area contributed by atoms with Crippen LogP contribution < -0.4 is 9.62 Å². The lowest BCUT2D eigenvalue weighted by Gasteiger charge is -2.17. The molecule has 0 aliphatic carbocycles. The second-order valence-electron chi connectivity index (χ2n) is 5.58. The topological polar surface area (TPSA) is 92.5 Å². The number of aryl methyl sites for hydroxylation is 1. The smallest absolute Gasteiger partial charge is 0.232 e. The maximum Gasteiger partial charge on any atom is 0.232 e. The number of nitrogens with zero attached hydrogens (tertiary/aromatic N) is 2. The summed E-state index contributed by atoms with van der Waals surface area (Å²) in [5.74, 6) is 0.413. The van der Waals surface area contributed by atoms with Gasteiger partial charge in [0.2, 0.25) is 15.9 Å². The van der Waals surface area contributed by atoms with E-state index in [4.69, 9.17) is 4.52 Å². The number of amides is 1. The Balaban J connectivity index is 1.76. The molecule has 1 N–H and O–H groups in total. The Morgan fingerprint density at radius 3 is 2.83 bits per heavy atom. The number of hydrogen-bond donors (Lipinski definition) is 1. The number of sulfonamides is 1. The maximum atomic E-state index is 12.0. The molecule has 1 amide bonds. The zero-order valence-corrected chi connectivity index (χ0v) is 13.7. The van der Waals surface area contributed by atoms with Crippen molar-refractivity contribution >= 4 is 27.3 Å². The van der Waals surface area contributed by atoms with E-state index in [0.29, 0.717) is 35.8 Å². The van der Waals surface area contributed by atoms with E-state index in [-0.39, 0.29) is 12.3 Å². The van der Waals surface area contributed by atoms with Gasteiger partial charge in [-0.2, -0.15) is 0 Å². The van der Waals surface area contributed by atoms with Crippen molar-refractivity contribution in [2.45, 2.75) is 19.8 Å². The molecule has 0 radical (unpaired) electrons. The van der Waals surface area contributed by atoms with Gasteiger partial charge in [-0.15, -0.1) is 0 Å². The highest BCUT2D eigenvalue weighted by molar-refractivity contribution is 7.92. The van der Waals surface area contributed by atoms with Crippen LogP contribution in [-0.4, -0.2) is 32.3 Å². The number of aromatic nitrogens is 1. The Morgan fingerprint density at radius 1 is 1.39 bits per heavy atom. The molecule has 0 atom stereocenters. The summed E-state index contributed by atoms with van der Waals surface area (Å²) in [6.07, 6.45) is 1.96. The number of hydrogen-bond acceptors (Lipinski definition) is 5. The molecule has 1 aromatic carbocycles. The number of nitrogens with one attached hydrogen (secondary N) is 1. The number of carbonyl (C=O) groups is 1. The van der Waals surface area contributed by atoms with E-state index in [2.05, 4.69) is 10.5 Å². The van der Waals surface area contributed by atoms with Gasteiger partial charge in [0.05, 0.1) is 24.1 Å². The van der Waals surface area contributed by atoms with Gasteiger partial charge in [0, 0.05) is 18.3 Å². The molecule has 0 bridgehead atoms. The molecular weight excluding hydrogens is 318 g/mol. The van der Waals surface area contributed by atoms with Gasteiger partial charge in [0.15, 0.2) is 0 Å². The first-order valence-corrected chi connectivity index (χ1v) is 9.00. The van der Waals surface area contributed by atoms with Crippen molar-refractivity contribution < 1.29 is 17.7 Å². The summed E-state index contributed by atoms with van der Waals surface area (Å²) in [6.45, 7) is 2.19. The Kier molecular flexibility index (Phi) is 3.85. The van der Waals surface area contributed by atoms with Crippen LogP contribution in [0.1, 0.15) is 17.0 Å². The van der Waals surface area contributed by atoms with Crippen LogP contribution in [0.4, 0.5) is 11.4 Å². The molecule has 1 aliphatic heterocycles. The average molecular weight is 335 g/mol. The lowest BCUT2D eigenvalue weighted by molar-refractivity contribution is -0.115. The van der Waals surface area contributed by atoms with Crippen molar-refractivity contribution in [3.63, 3.8) is 0 Å². The van der Waals surface area contributed by atoms with Crippen molar-refractivity contribution in [3.8, 4) is 0 Å². The lowest BCUT2D eigenvalue weighted by Crippen LogP contribution is -2.27. The van der Waals surface area contributed by atoms with Gasteiger partial charge in [0.1, 0.15) is 5.76 Å². The number of anilines is 2. The van der Waals surface area contributed by atoms with Crippen molar-refractivity contribution in [2.75, 3.05) is 22.4 Å². The zero-order chi connectivity index (χ0) is 16.6. The standard InChI is InChI=1S/C15H17N3O4S/c1-10-7-13(17-22-10)9-15(19)16-12-4-3-11-5-6-18(14(11)8-12)23(2,20)21/h3-4,7-8H,5-6,9H2,1-2H3,(H,16,19). The molecule has 8 heteroatoms. The summed E-state index contributed by atoms with van der Waals surface area (Å²) in [4.78, 5) is 12.0. The summed E-state index contributed by atoms with van der Waals surface area (Å²) in [7, 11) is -3.31. The zero-order valence-electron chi connectivity index (χ0n) is 12.9. The number of fused-ring (bicyclic) bond motifs is 1. The first-order chi connectivity index (χ1) is 10.8. The molecule has 23 heavy (non-hydrogen) atoms. The van der Waals surface area contributed by atoms with Crippen molar-refractivity contribution in [3.05, 3.63) is 41.3 Å². The molecule has 1 aromatic heterocycles. The minimum atomic E-state index is -3.31. The largest absolute Gasteiger partial charge is 0.361 e. The molecular formula is C15H17N3O4S. The van der Waals surface area contributed by atoms with E-state index in [1.54, 1.807) is 25.1 Å². The van der Waals surface area contributed by atoms with Crippen molar-refractivity contribution in [2.24, 2.45) is 0 Å². The molecule has 0 saturated carbocycles. The average Bonchev–Trinajstić information content (AvgIpc) is 3.03. The van der Waals surface area contributed by atoms with E-state index >= 15 is 0 Å². The summed E-state index contributed by atoms with van der Waals surface area (Å²) in [5.41, 5.74) is 2.70. The monoisotopic (exact) mass is 335 g/mol. The molecule has 1 aliphatic rings. The van der Waals surface area contributed by atoms with Crippen LogP contribution in [-0.2, 0) is 27.7 Å². The predicted octanol–water partition coefficient (Wildman–Crippen LogP) is 1.49. The fourth-order valence-electron chi connectivity index (χ4n) is 2.64. The van der Waals surface area contributed by atoms with Crippen LogP contribution in [0.2, 0.25) is 0 Å². The summed E-state index contributed by atoms with van der Waals surface area (Å²) < 4.78 is 29.9. The highest BCUT2D eigenvalue weighted by Gasteiger charge is 2.26. The van der Waals surface area contributed by atoms with Crippen LogP contribution in [0.25, 0.3) is 0 Å². The second-order valence-corrected chi connectivity index (χ2v) is 7.49. The Labute approximate surface area is 134 Å². The molecule has 0 fully saturated rings. The van der Waals surface area contributed by atoms with E-state index in [0.717, 1.165) is 5.56 Å². The maximum absolute atomic E-state index is 12.0. The SMILES string of the molecule is Cc1cc(CC(=O)Nc2ccc3c(c2)N(S(C)(=O)=O)CC3)no1. The molecule has 7 nitrogen and oxygen atoms in total. The normalized spacial score (nSPS) is 13.9. The number of carbonyl (C=O) groups excluding carboxylic acids is 1. The fraction of sp³-hybridized carbons (Fsp3) is 0.333. The molecule has 0 saturated heterocycles. The fourth-order valence-corrected chi connectivity index (χ4v) is 3.59. The second kappa shape index (κ2) is 5.69. The third-order valence-corrected chi connectivity index (χ3v) is 4.82. The summed E-state index contributed by atoms with van der Waals surface area (Å²) in [5, 5.41) is 6.54. The summed E-state index contributed by atoms with van der Waals surface area (Å²) in [6, 6.07) is 7.01. The van der Waals surface area contributed by atoms with E-state index in [1.165, 1.54) is 10.6 Å². The van der Waals surface area contributed by atoms with E-state index in [9.17, 15) is 13.2 Å². The Hall–Kier alpha value is -2.35. The van der Waals surface area contributed by atoms with Gasteiger partial charge < -0.3 is 9.84 Å². The van der Waals surface area contributed by atoms with Gasteiger partial charge >= 0.3 is 0 Å². The Bertz CT molecular complexity index is 857. The molecule has 122 valence electrons. The third kappa shape index (κ3) is 3.37. The van der Waals surface area contributed by atoms with Crippen molar-refractivity contribution in [1.29, 1.82) is 0 Å². The van der Waals surface area contributed by atoms with Gasteiger partial charge in [0.25, 0.3) is 0 Å². The molecule has 2 aromatic rings. The summed E-state index contributed by atoms with van der Waals surface area (Å²) >= 11 is 0. The minimum Gasteiger partial charge on any atom is -0.361 e. The van der Waals surface area contributed by atoms with Gasteiger partial charge in [-0.25, -0.2) is 8.42 Å². The van der Waals surface area contributed by atoms with Crippen LogP contribution in [0.3, 0.4) is 0 Å². The minimum absolute atomic E-state index is 0.101. The molecule has 0 unspecified atom stereocenters. The number of benzene rings is 1. The van der Waals surface area contributed by atoms with Gasteiger partial charge in [-0.1, -0.05) is 11.2 Å². The molecule has 2 heterocycles. The van der Waals surface area contributed by atoms with E-state index < -0.39 is 10.0 Å². The molecule has 3 rings (SSSR count). The third-order valence-electron chi connectivity index (χ3n) is 3.64. The highest BCUT2D eigenvalue weighted by Crippen LogP contribution is 2.32. The van der Waals surface area contributed by atoms with Crippen LogP contribution in [0.5, 0.6) is 0 Å². The Morgan fingerprint density at radius 2 is 2.17 bits per heavy atom. The number of rotatable bonds is 4. The predicted molar refractivity (Wildman–Crippen MR) is 85.9 cm³/mol. The first kappa shape index (κ1) is 15.5. The quantitative estimate of drug-likeness (QED) is 0.914. The lowest BCUT2D eigenvalue weighted by atomic mass is 10.1. The van der Waals surface area contributed by atoms with Gasteiger partial charge in [-0.05, 0) is 31.0 Å². The first-order valence-electron chi connectivity index (χ1n) is 7.15. The highest BCUT2D eigenvalue weighted by atomic mass is 32.2. The van der Waals surface area contributed by atoms with Crippen LogP contribution in [0.15, 0.2) is 28.8 Å². The van der Waals surface area contributed by atoms with Gasteiger partial charge in [-0.3, -0.25) is 9.10 Å².